The highest BCUT2D eigenvalue weighted by atomic mass is 32.1. The van der Waals surface area contributed by atoms with Gasteiger partial charge in [0.1, 0.15) is 5.44 Å². The number of thiol groups is 3. The van der Waals surface area contributed by atoms with E-state index in [1.54, 1.807) is 0 Å². The molecule has 0 radical (unpaired) electrons. The maximum Gasteiger partial charge on any atom is 0.316 e. The first kappa shape index (κ1) is 10.5. The molecule has 0 aromatic rings. The molecule has 0 heterocycles. The topological polar surface area (TPSA) is 26.3 Å². The zero-order chi connectivity index (χ0) is 7.98. The predicted molar refractivity (Wildman–Crippen MR) is 51.2 cm³/mol. The second-order valence-electron chi connectivity index (χ2n) is 1.61. The molecule has 0 aromatic heterocycles. The molecule has 0 aliphatic rings. The summed E-state index contributed by atoms with van der Waals surface area (Å²) in [4.78, 5) is 10.5. The SMILES string of the molecule is O=C(CS)OC(S)CCS. The van der Waals surface area contributed by atoms with Gasteiger partial charge < -0.3 is 4.74 Å². The molecule has 0 spiro atoms. The van der Waals surface area contributed by atoms with Crippen LogP contribution in [0.4, 0.5) is 0 Å². The first-order chi connectivity index (χ1) is 4.70. The fraction of sp³-hybridized carbons (Fsp3) is 0.800. The molecule has 10 heavy (non-hydrogen) atoms. The molecule has 0 rings (SSSR count). The van der Waals surface area contributed by atoms with Crippen LogP contribution in [0.1, 0.15) is 6.42 Å². The Hall–Kier alpha value is 0.520. The number of esters is 1. The van der Waals surface area contributed by atoms with Gasteiger partial charge >= 0.3 is 5.97 Å². The lowest BCUT2D eigenvalue weighted by Gasteiger charge is -2.08. The molecule has 60 valence electrons. The van der Waals surface area contributed by atoms with Gasteiger partial charge in [0, 0.05) is 6.42 Å². The summed E-state index contributed by atoms with van der Waals surface area (Å²) in [5.41, 5.74) is -0.336. The summed E-state index contributed by atoms with van der Waals surface area (Å²) in [7, 11) is 0. The Bertz CT molecular complexity index is 107. The van der Waals surface area contributed by atoms with Crippen molar-refractivity contribution < 1.29 is 9.53 Å². The Kier molecular flexibility index (Phi) is 6.57. The number of hydrogen-bond acceptors (Lipinski definition) is 5. The zero-order valence-electron chi connectivity index (χ0n) is 5.36. The van der Waals surface area contributed by atoms with Gasteiger partial charge in [-0.1, -0.05) is 0 Å². The van der Waals surface area contributed by atoms with E-state index < -0.39 is 0 Å². The van der Waals surface area contributed by atoms with E-state index in [-0.39, 0.29) is 17.2 Å². The minimum absolute atomic E-state index is 0.101. The molecule has 0 aromatic carbocycles. The summed E-state index contributed by atoms with van der Waals surface area (Å²) >= 11 is 11.7. The molecule has 5 heteroatoms. The van der Waals surface area contributed by atoms with E-state index in [4.69, 9.17) is 4.74 Å². The predicted octanol–water partition coefficient (Wildman–Crippen LogP) is 1.04. The van der Waals surface area contributed by atoms with E-state index >= 15 is 0 Å². The van der Waals surface area contributed by atoms with Crippen molar-refractivity contribution in [1.82, 2.24) is 0 Å². The third kappa shape index (κ3) is 5.32. The molecular formula is C5H10O2S3. The number of carbonyl (C=O) groups is 1. The van der Waals surface area contributed by atoms with Crippen LogP contribution in [0.3, 0.4) is 0 Å². The smallest absolute Gasteiger partial charge is 0.316 e. The van der Waals surface area contributed by atoms with Crippen LogP contribution in [0.2, 0.25) is 0 Å². The lowest BCUT2D eigenvalue weighted by molar-refractivity contribution is -0.141. The second kappa shape index (κ2) is 6.24. The first-order valence-electron chi connectivity index (χ1n) is 2.80. The van der Waals surface area contributed by atoms with Crippen LogP contribution in [0, 0.1) is 0 Å². The van der Waals surface area contributed by atoms with Crippen LogP contribution in [0.25, 0.3) is 0 Å². The van der Waals surface area contributed by atoms with Crippen molar-refractivity contribution in [2.24, 2.45) is 0 Å². The minimum atomic E-state index is -0.342. The normalized spacial score (nSPS) is 12.7. The lowest BCUT2D eigenvalue weighted by Crippen LogP contribution is -2.14. The van der Waals surface area contributed by atoms with Crippen LogP contribution in [0.15, 0.2) is 0 Å². The van der Waals surface area contributed by atoms with Crippen molar-refractivity contribution in [3.8, 4) is 0 Å². The molecule has 0 aliphatic carbocycles. The van der Waals surface area contributed by atoms with Gasteiger partial charge in [-0.05, 0) is 5.75 Å². The largest absolute Gasteiger partial charge is 0.451 e. The van der Waals surface area contributed by atoms with Crippen LogP contribution >= 0.6 is 37.9 Å². The van der Waals surface area contributed by atoms with Crippen molar-refractivity contribution in [3.05, 3.63) is 0 Å². The van der Waals surface area contributed by atoms with Gasteiger partial charge in [0.25, 0.3) is 0 Å². The summed E-state index contributed by atoms with van der Waals surface area (Å²) in [5.74, 6) is 0.419. The average Bonchev–Trinajstić information content (AvgIpc) is 1.88. The minimum Gasteiger partial charge on any atom is -0.451 e. The van der Waals surface area contributed by atoms with Crippen molar-refractivity contribution in [2.45, 2.75) is 11.9 Å². The molecule has 0 fully saturated rings. The van der Waals surface area contributed by atoms with Crippen molar-refractivity contribution in [2.75, 3.05) is 11.5 Å². The Morgan fingerprint density at radius 2 is 2.10 bits per heavy atom. The van der Waals surface area contributed by atoms with Crippen LogP contribution in [-0.4, -0.2) is 22.9 Å². The fourth-order valence-electron chi connectivity index (χ4n) is 0.358. The number of ether oxygens (including phenoxy) is 1. The van der Waals surface area contributed by atoms with E-state index in [1.165, 1.54) is 0 Å². The molecule has 0 N–H and O–H groups in total. The number of carbonyl (C=O) groups excluding carboxylic acids is 1. The van der Waals surface area contributed by atoms with E-state index in [1.807, 2.05) is 0 Å². The Balaban J connectivity index is 3.37. The van der Waals surface area contributed by atoms with Gasteiger partial charge in [-0.2, -0.15) is 25.3 Å². The number of rotatable bonds is 4. The van der Waals surface area contributed by atoms with Crippen molar-refractivity contribution in [3.63, 3.8) is 0 Å². The van der Waals surface area contributed by atoms with E-state index in [0.717, 1.165) is 0 Å². The number of hydrogen-bond donors (Lipinski definition) is 3. The Morgan fingerprint density at radius 1 is 1.50 bits per heavy atom. The molecular weight excluding hydrogens is 188 g/mol. The first-order valence-corrected chi connectivity index (χ1v) is 4.58. The van der Waals surface area contributed by atoms with Crippen LogP contribution < -0.4 is 0 Å². The summed E-state index contributed by atoms with van der Waals surface area (Å²) in [6.07, 6.45) is 0.658. The van der Waals surface area contributed by atoms with Gasteiger partial charge in [-0.25, -0.2) is 0 Å². The monoisotopic (exact) mass is 198 g/mol. The summed E-state index contributed by atoms with van der Waals surface area (Å²) in [5, 5.41) is 0. The van der Waals surface area contributed by atoms with Gasteiger partial charge in [0.15, 0.2) is 0 Å². The molecule has 1 unspecified atom stereocenters. The summed E-state index contributed by atoms with van der Waals surface area (Å²) in [6.45, 7) is 0. The standard InChI is InChI=1S/C5H10O2S3/c6-4(3-9)7-5(10)1-2-8/h5,8-10H,1-3H2. The fourth-order valence-corrected chi connectivity index (χ4v) is 1.12. The van der Waals surface area contributed by atoms with Crippen molar-refractivity contribution in [1.29, 1.82) is 0 Å². The van der Waals surface area contributed by atoms with Gasteiger partial charge in [-0.3, -0.25) is 4.79 Å². The third-order valence-corrected chi connectivity index (χ3v) is 1.65. The molecule has 0 saturated carbocycles. The molecule has 0 saturated heterocycles. The summed E-state index contributed by atoms with van der Waals surface area (Å²) in [6, 6.07) is 0. The van der Waals surface area contributed by atoms with Gasteiger partial charge in [0.05, 0.1) is 5.75 Å². The van der Waals surface area contributed by atoms with Crippen LogP contribution in [-0.2, 0) is 9.53 Å². The highest BCUT2D eigenvalue weighted by Gasteiger charge is 2.06. The van der Waals surface area contributed by atoms with E-state index in [0.29, 0.717) is 12.2 Å². The molecule has 0 amide bonds. The Labute approximate surface area is 76.9 Å². The molecule has 0 aliphatic heterocycles. The highest BCUT2D eigenvalue weighted by molar-refractivity contribution is 7.81. The lowest BCUT2D eigenvalue weighted by atomic mass is 10.5. The maximum absolute atomic E-state index is 10.5. The van der Waals surface area contributed by atoms with Gasteiger partial charge in [-0.15, -0.1) is 12.6 Å². The average molecular weight is 198 g/mol. The van der Waals surface area contributed by atoms with E-state index in [9.17, 15) is 4.79 Å². The second-order valence-corrected chi connectivity index (χ2v) is 2.95. The Morgan fingerprint density at radius 3 is 2.50 bits per heavy atom. The zero-order valence-corrected chi connectivity index (χ0v) is 8.04. The van der Waals surface area contributed by atoms with E-state index in [2.05, 4.69) is 37.9 Å². The quantitative estimate of drug-likeness (QED) is 0.357. The molecule has 0 bridgehead atoms. The maximum atomic E-state index is 10.5. The third-order valence-electron chi connectivity index (χ3n) is 0.773. The van der Waals surface area contributed by atoms with Crippen molar-refractivity contribution >= 4 is 43.9 Å². The molecule has 1 atom stereocenters. The highest BCUT2D eigenvalue weighted by Crippen LogP contribution is 2.04. The van der Waals surface area contributed by atoms with Crippen LogP contribution in [0.5, 0.6) is 0 Å². The summed E-state index contributed by atoms with van der Waals surface area (Å²) < 4.78 is 4.74. The van der Waals surface area contributed by atoms with Gasteiger partial charge in [0.2, 0.25) is 0 Å². The molecule has 2 nitrogen and oxygen atoms in total.